The SMILES string of the molecule is CN(Cc1cn(C)c2ccccc12)C(C)(C)CCN. The number of nitrogens with zero attached hydrogens (tertiary/aromatic N) is 2. The van der Waals surface area contributed by atoms with Crippen molar-refractivity contribution in [1.29, 1.82) is 0 Å². The number of hydrogen-bond donors (Lipinski definition) is 1. The van der Waals surface area contributed by atoms with Crippen LogP contribution in [0.4, 0.5) is 0 Å². The third kappa shape index (κ3) is 2.82. The summed E-state index contributed by atoms with van der Waals surface area (Å²) in [6, 6.07) is 8.57. The van der Waals surface area contributed by atoms with E-state index < -0.39 is 0 Å². The molecule has 0 saturated heterocycles. The monoisotopic (exact) mass is 259 g/mol. The molecule has 0 aliphatic rings. The summed E-state index contributed by atoms with van der Waals surface area (Å²) < 4.78 is 2.20. The van der Waals surface area contributed by atoms with E-state index in [9.17, 15) is 0 Å². The fraction of sp³-hybridized carbons (Fsp3) is 0.500. The Bertz CT molecular complexity index is 554. The molecule has 3 heteroatoms. The van der Waals surface area contributed by atoms with Crippen LogP contribution in [0.2, 0.25) is 0 Å². The minimum absolute atomic E-state index is 0.131. The summed E-state index contributed by atoms with van der Waals surface area (Å²) >= 11 is 0. The summed E-state index contributed by atoms with van der Waals surface area (Å²) in [5.41, 5.74) is 8.51. The molecule has 1 aromatic heterocycles. The molecular weight excluding hydrogens is 234 g/mol. The van der Waals surface area contributed by atoms with Crippen molar-refractivity contribution < 1.29 is 0 Å². The van der Waals surface area contributed by atoms with E-state index in [2.05, 4.69) is 67.9 Å². The van der Waals surface area contributed by atoms with Crippen molar-refractivity contribution >= 4 is 10.9 Å². The van der Waals surface area contributed by atoms with Gasteiger partial charge in [-0.2, -0.15) is 0 Å². The van der Waals surface area contributed by atoms with Crippen molar-refractivity contribution in [1.82, 2.24) is 9.47 Å². The molecule has 0 fully saturated rings. The predicted molar refractivity (Wildman–Crippen MR) is 82.1 cm³/mol. The van der Waals surface area contributed by atoms with Crippen LogP contribution in [0.1, 0.15) is 25.8 Å². The van der Waals surface area contributed by atoms with Gasteiger partial charge in [-0.05, 0) is 45.5 Å². The molecule has 2 aromatic rings. The van der Waals surface area contributed by atoms with E-state index >= 15 is 0 Å². The number of para-hydroxylation sites is 1. The number of benzene rings is 1. The molecule has 0 unspecified atom stereocenters. The molecule has 0 atom stereocenters. The maximum Gasteiger partial charge on any atom is 0.0481 e. The fourth-order valence-corrected chi connectivity index (χ4v) is 2.57. The third-order valence-electron chi connectivity index (χ3n) is 4.18. The van der Waals surface area contributed by atoms with E-state index in [4.69, 9.17) is 5.73 Å². The second kappa shape index (κ2) is 5.35. The summed E-state index contributed by atoms with van der Waals surface area (Å²) in [5, 5.41) is 1.35. The standard InChI is InChI=1S/C16H25N3/c1-16(2,9-10-17)19(4)12-13-11-18(3)15-8-6-5-7-14(13)15/h5-8,11H,9-10,12,17H2,1-4H3. The number of aromatic nitrogens is 1. The number of nitrogens with two attached hydrogens (primary N) is 1. The molecule has 3 nitrogen and oxygen atoms in total. The molecule has 1 heterocycles. The van der Waals surface area contributed by atoms with Crippen molar-refractivity contribution in [2.75, 3.05) is 13.6 Å². The van der Waals surface area contributed by atoms with Crippen LogP contribution in [0.15, 0.2) is 30.5 Å². The van der Waals surface area contributed by atoms with Gasteiger partial charge in [0.2, 0.25) is 0 Å². The van der Waals surface area contributed by atoms with Gasteiger partial charge in [-0.3, -0.25) is 4.90 Å². The number of fused-ring (bicyclic) bond motifs is 1. The van der Waals surface area contributed by atoms with E-state index in [-0.39, 0.29) is 5.54 Å². The lowest BCUT2D eigenvalue weighted by Crippen LogP contribution is -2.42. The van der Waals surface area contributed by atoms with Crippen molar-refractivity contribution in [2.45, 2.75) is 32.4 Å². The molecule has 0 aliphatic carbocycles. The van der Waals surface area contributed by atoms with Gasteiger partial charge in [0.1, 0.15) is 0 Å². The lowest BCUT2D eigenvalue weighted by molar-refractivity contribution is 0.140. The predicted octanol–water partition coefficient (Wildman–Crippen LogP) is 2.74. The van der Waals surface area contributed by atoms with Crippen molar-refractivity contribution in [3.8, 4) is 0 Å². The van der Waals surface area contributed by atoms with E-state index in [0.29, 0.717) is 0 Å². The minimum Gasteiger partial charge on any atom is -0.350 e. The molecule has 0 bridgehead atoms. The number of rotatable bonds is 5. The van der Waals surface area contributed by atoms with Crippen LogP contribution < -0.4 is 5.73 Å². The molecule has 0 aliphatic heterocycles. The highest BCUT2D eigenvalue weighted by Crippen LogP contribution is 2.25. The zero-order chi connectivity index (χ0) is 14.0. The second-order valence-electron chi connectivity index (χ2n) is 5.99. The first-order valence-electron chi connectivity index (χ1n) is 6.90. The maximum atomic E-state index is 5.71. The Morgan fingerprint density at radius 2 is 1.95 bits per heavy atom. The normalized spacial score (nSPS) is 12.5. The number of hydrogen-bond acceptors (Lipinski definition) is 2. The highest BCUT2D eigenvalue weighted by Gasteiger charge is 2.23. The minimum atomic E-state index is 0.131. The van der Waals surface area contributed by atoms with Gasteiger partial charge in [0.25, 0.3) is 0 Å². The van der Waals surface area contributed by atoms with Crippen LogP contribution in [0.25, 0.3) is 10.9 Å². The summed E-state index contributed by atoms with van der Waals surface area (Å²) in [5.74, 6) is 0. The Kier molecular flexibility index (Phi) is 3.97. The first-order valence-corrected chi connectivity index (χ1v) is 6.90. The van der Waals surface area contributed by atoms with Crippen molar-refractivity contribution in [3.05, 3.63) is 36.0 Å². The van der Waals surface area contributed by atoms with Gasteiger partial charge in [0.15, 0.2) is 0 Å². The molecule has 104 valence electrons. The summed E-state index contributed by atoms with van der Waals surface area (Å²) in [7, 11) is 4.29. The average molecular weight is 259 g/mol. The molecule has 19 heavy (non-hydrogen) atoms. The van der Waals surface area contributed by atoms with Crippen LogP contribution in [0, 0.1) is 0 Å². The second-order valence-corrected chi connectivity index (χ2v) is 5.99. The zero-order valence-electron chi connectivity index (χ0n) is 12.5. The van der Waals surface area contributed by atoms with Crippen LogP contribution in [0.5, 0.6) is 0 Å². The average Bonchev–Trinajstić information content (AvgIpc) is 2.67. The third-order valence-corrected chi connectivity index (χ3v) is 4.18. The lowest BCUT2D eigenvalue weighted by atomic mass is 9.98. The van der Waals surface area contributed by atoms with Crippen LogP contribution in [-0.4, -0.2) is 28.6 Å². The van der Waals surface area contributed by atoms with Gasteiger partial charge in [-0.1, -0.05) is 18.2 Å². The molecule has 0 saturated carbocycles. The topological polar surface area (TPSA) is 34.2 Å². The highest BCUT2D eigenvalue weighted by molar-refractivity contribution is 5.83. The Hall–Kier alpha value is -1.32. The lowest BCUT2D eigenvalue weighted by Gasteiger charge is -2.35. The van der Waals surface area contributed by atoms with Crippen LogP contribution in [-0.2, 0) is 13.6 Å². The highest BCUT2D eigenvalue weighted by atomic mass is 15.2. The molecule has 0 radical (unpaired) electrons. The van der Waals surface area contributed by atoms with Crippen LogP contribution in [0.3, 0.4) is 0 Å². The fourth-order valence-electron chi connectivity index (χ4n) is 2.57. The molecule has 0 spiro atoms. The summed E-state index contributed by atoms with van der Waals surface area (Å²) in [6.07, 6.45) is 3.24. The molecular formula is C16H25N3. The van der Waals surface area contributed by atoms with E-state index in [1.54, 1.807) is 0 Å². The van der Waals surface area contributed by atoms with E-state index in [0.717, 1.165) is 19.5 Å². The van der Waals surface area contributed by atoms with E-state index in [1.165, 1.54) is 16.5 Å². The number of aryl methyl sites for hydroxylation is 1. The van der Waals surface area contributed by atoms with Crippen LogP contribution >= 0.6 is 0 Å². The van der Waals surface area contributed by atoms with Gasteiger partial charge in [0.05, 0.1) is 0 Å². The Morgan fingerprint density at radius 1 is 1.26 bits per heavy atom. The largest absolute Gasteiger partial charge is 0.350 e. The Morgan fingerprint density at radius 3 is 2.63 bits per heavy atom. The van der Waals surface area contributed by atoms with E-state index in [1.807, 2.05) is 0 Å². The maximum absolute atomic E-state index is 5.71. The Labute approximate surface area is 116 Å². The first kappa shape index (κ1) is 14.1. The molecule has 0 amide bonds. The zero-order valence-corrected chi connectivity index (χ0v) is 12.5. The summed E-state index contributed by atoms with van der Waals surface area (Å²) in [4.78, 5) is 2.39. The molecule has 2 N–H and O–H groups in total. The smallest absolute Gasteiger partial charge is 0.0481 e. The van der Waals surface area contributed by atoms with Crippen molar-refractivity contribution in [2.24, 2.45) is 12.8 Å². The molecule has 2 rings (SSSR count). The van der Waals surface area contributed by atoms with Crippen molar-refractivity contribution in [3.63, 3.8) is 0 Å². The van der Waals surface area contributed by atoms with Gasteiger partial charge in [-0.15, -0.1) is 0 Å². The first-order chi connectivity index (χ1) is 8.95. The van der Waals surface area contributed by atoms with Gasteiger partial charge >= 0.3 is 0 Å². The van der Waals surface area contributed by atoms with Gasteiger partial charge in [-0.25, -0.2) is 0 Å². The Balaban J connectivity index is 2.27. The van der Waals surface area contributed by atoms with Gasteiger partial charge < -0.3 is 10.3 Å². The summed E-state index contributed by atoms with van der Waals surface area (Å²) in [6.45, 7) is 6.19. The van der Waals surface area contributed by atoms with Gasteiger partial charge in [0, 0.05) is 36.2 Å². The quantitative estimate of drug-likeness (QED) is 0.896. The molecule has 1 aromatic carbocycles.